The van der Waals surface area contributed by atoms with Crippen molar-refractivity contribution in [3.8, 4) is 0 Å². The summed E-state index contributed by atoms with van der Waals surface area (Å²) in [5, 5.41) is 18.4. The summed E-state index contributed by atoms with van der Waals surface area (Å²) in [5.74, 6) is -0.173. The molecule has 1 aliphatic carbocycles. The van der Waals surface area contributed by atoms with Crippen molar-refractivity contribution in [3.05, 3.63) is 24.0 Å². The number of carbonyl (C=O) groups is 2. The zero-order valence-corrected chi connectivity index (χ0v) is 11.2. The van der Waals surface area contributed by atoms with Crippen LogP contribution in [-0.2, 0) is 0 Å². The number of hydrogen-bond donors (Lipinski definition) is 4. The fourth-order valence-corrected chi connectivity index (χ4v) is 3.14. The van der Waals surface area contributed by atoms with Crippen LogP contribution in [0.2, 0.25) is 0 Å². The second-order valence-electron chi connectivity index (χ2n) is 5.20. The van der Waals surface area contributed by atoms with Gasteiger partial charge >= 0.3 is 6.03 Å². The lowest BCUT2D eigenvalue weighted by atomic mass is 10.1. The quantitative estimate of drug-likeness (QED) is 0.592. The molecule has 1 aromatic heterocycles. The van der Waals surface area contributed by atoms with Crippen LogP contribution in [-0.4, -0.2) is 46.3 Å². The number of aliphatic hydroxyl groups is 1. The predicted molar refractivity (Wildman–Crippen MR) is 71.3 cm³/mol. The predicted octanol–water partition coefficient (Wildman–Crippen LogP) is -0.406. The van der Waals surface area contributed by atoms with Gasteiger partial charge in [0.05, 0.1) is 24.2 Å². The Kier molecular flexibility index (Phi) is 3.13. The summed E-state index contributed by atoms with van der Waals surface area (Å²) in [4.78, 5) is 23.7. The number of carbonyl (C=O) groups excluding carboxylic acids is 2. The number of aliphatic hydroxyl groups excluding tert-OH is 1. The molecule has 0 aromatic carbocycles. The Balaban J connectivity index is 1.83. The maximum Gasteiger partial charge on any atom is 0.315 e. The van der Waals surface area contributed by atoms with E-state index in [0.717, 1.165) is 0 Å². The number of nitrogens with one attached hydrogen (secondary N) is 3. The van der Waals surface area contributed by atoms with E-state index in [1.54, 1.807) is 6.07 Å². The van der Waals surface area contributed by atoms with Crippen LogP contribution in [0.25, 0.3) is 0 Å². The van der Waals surface area contributed by atoms with E-state index in [0.29, 0.717) is 18.7 Å². The fraction of sp³-hybridized carbons (Fsp3) is 0.538. The van der Waals surface area contributed by atoms with Gasteiger partial charge in [0.1, 0.15) is 5.69 Å². The summed E-state index contributed by atoms with van der Waals surface area (Å²) in [6.07, 6.45) is 1.66. The van der Waals surface area contributed by atoms with E-state index in [1.165, 1.54) is 0 Å². The molecule has 2 heterocycles. The Morgan fingerprint density at radius 1 is 1.60 bits per heavy atom. The molecule has 2 aliphatic rings. The largest absolute Gasteiger partial charge is 0.391 e. The second kappa shape index (κ2) is 4.82. The molecule has 3 rings (SSSR count). The molecule has 4 N–H and O–H groups in total. The van der Waals surface area contributed by atoms with Crippen LogP contribution in [0.3, 0.4) is 0 Å². The Labute approximate surface area is 116 Å². The summed E-state index contributed by atoms with van der Waals surface area (Å²) < 4.78 is 1.88. The molecular formula is C13H18N4O3. The maximum atomic E-state index is 12.0. The van der Waals surface area contributed by atoms with Crippen molar-refractivity contribution in [3.63, 3.8) is 0 Å². The Hall–Kier alpha value is -2.02. The van der Waals surface area contributed by atoms with Crippen LogP contribution in [0.15, 0.2) is 18.3 Å². The fourth-order valence-electron chi connectivity index (χ4n) is 3.14. The van der Waals surface area contributed by atoms with Crippen LogP contribution in [0, 0.1) is 0 Å². The van der Waals surface area contributed by atoms with Gasteiger partial charge in [0.2, 0.25) is 0 Å². The van der Waals surface area contributed by atoms with Crippen molar-refractivity contribution in [2.24, 2.45) is 0 Å². The molecule has 0 bridgehead atoms. The van der Waals surface area contributed by atoms with Crippen molar-refractivity contribution in [2.75, 3.05) is 6.54 Å². The zero-order valence-electron chi connectivity index (χ0n) is 11.2. The van der Waals surface area contributed by atoms with Gasteiger partial charge in [-0.3, -0.25) is 4.79 Å². The SMILES string of the molecule is CCNC(=O)N[C@H]1[C@@H]2NC(=O)c3cccn3[C@@H]2C[C@H]1O. The highest BCUT2D eigenvalue weighted by molar-refractivity contribution is 5.94. The number of hydrogen-bond acceptors (Lipinski definition) is 3. The number of amides is 3. The highest BCUT2D eigenvalue weighted by Gasteiger charge is 2.48. The Morgan fingerprint density at radius 3 is 3.15 bits per heavy atom. The molecule has 1 aliphatic heterocycles. The number of rotatable bonds is 2. The lowest BCUT2D eigenvalue weighted by Gasteiger charge is -2.32. The molecule has 4 atom stereocenters. The first-order valence-corrected chi connectivity index (χ1v) is 6.82. The van der Waals surface area contributed by atoms with Crippen molar-refractivity contribution < 1.29 is 14.7 Å². The van der Waals surface area contributed by atoms with Crippen molar-refractivity contribution in [1.29, 1.82) is 0 Å². The minimum Gasteiger partial charge on any atom is -0.391 e. The summed E-state index contributed by atoms with van der Waals surface area (Å²) in [5.41, 5.74) is 0.595. The first-order valence-electron chi connectivity index (χ1n) is 6.82. The molecule has 1 aromatic rings. The molecule has 0 spiro atoms. The van der Waals surface area contributed by atoms with Gasteiger partial charge < -0.3 is 25.6 Å². The summed E-state index contributed by atoms with van der Waals surface area (Å²) >= 11 is 0. The number of fused-ring (bicyclic) bond motifs is 3. The third-order valence-electron chi connectivity index (χ3n) is 4.00. The van der Waals surface area contributed by atoms with Crippen molar-refractivity contribution >= 4 is 11.9 Å². The topological polar surface area (TPSA) is 95.4 Å². The molecular weight excluding hydrogens is 260 g/mol. The molecule has 108 valence electrons. The smallest absolute Gasteiger partial charge is 0.315 e. The van der Waals surface area contributed by atoms with E-state index in [1.807, 2.05) is 23.8 Å². The van der Waals surface area contributed by atoms with Gasteiger partial charge in [-0.05, 0) is 25.5 Å². The standard InChI is InChI=1S/C13H18N4O3/c1-2-14-13(20)16-11-9(18)6-8-10(11)15-12(19)7-4-3-5-17(7)8/h3-5,8-11,18H,2,6H2,1H3,(H,15,19)(H2,14,16,20)/t8-,9-,10-,11-/m1/s1. The van der Waals surface area contributed by atoms with E-state index in [2.05, 4.69) is 16.0 Å². The van der Waals surface area contributed by atoms with Crippen LogP contribution < -0.4 is 16.0 Å². The van der Waals surface area contributed by atoms with E-state index >= 15 is 0 Å². The van der Waals surface area contributed by atoms with Gasteiger partial charge in [0.15, 0.2) is 0 Å². The maximum absolute atomic E-state index is 12.0. The van der Waals surface area contributed by atoms with Crippen LogP contribution >= 0.6 is 0 Å². The molecule has 7 nitrogen and oxygen atoms in total. The average Bonchev–Trinajstić information content (AvgIpc) is 2.98. The van der Waals surface area contributed by atoms with E-state index < -0.39 is 12.1 Å². The molecule has 1 fully saturated rings. The van der Waals surface area contributed by atoms with Gasteiger partial charge in [0, 0.05) is 12.7 Å². The minimum atomic E-state index is -0.679. The van der Waals surface area contributed by atoms with E-state index in [4.69, 9.17) is 0 Å². The van der Waals surface area contributed by atoms with Crippen LogP contribution in [0.4, 0.5) is 4.79 Å². The first-order chi connectivity index (χ1) is 9.61. The second-order valence-corrected chi connectivity index (χ2v) is 5.20. The summed E-state index contributed by atoms with van der Waals surface area (Å²) in [6, 6.07) is 2.44. The van der Waals surface area contributed by atoms with Gasteiger partial charge in [-0.1, -0.05) is 0 Å². The van der Waals surface area contributed by atoms with E-state index in [9.17, 15) is 14.7 Å². The molecule has 0 saturated heterocycles. The van der Waals surface area contributed by atoms with Crippen LogP contribution in [0.5, 0.6) is 0 Å². The molecule has 7 heteroatoms. The lowest BCUT2D eigenvalue weighted by molar-refractivity contribution is 0.0874. The third-order valence-corrected chi connectivity index (χ3v) is 4.00. The molecule has 3 amide bonds. The van der Waals surface area contributed by atoms with Crippen molar-refractivity contribution in [1.82, 2.24) is 20.5 Å². The molecule has 20 heavy (non-hydrogen) atoms. The number of urea groups is 1. The number of aromatic nitrogens is 1. The van der Waals surface area contributed by atoms with E-state index in [-0.39, 0.29) is 24.0 Å². The van der Waals surface area contributed by atoms with Gasteiger partial charge in [-0.25, -0.2) is 4.79 Å². The molecule has 1 saturated carbocycles. The highest BCUT2D eigenvalue weighted by Crippen LogP contribution is 2.35. The summed E-state index contributed by atoms with van der Waals surface area (Å²) in [7, 11) is 0. The average molecular weight is 278 g/mol. The Morgan fingerprint density at radius 2 is 2.40 bits per heavy atom. The zero-order chi connectivity index (χ0) is 14.3. The van der Waals surface area contributed by atoms with Crippen LogP contribution in [0.1, 0.15) is 29.9 Å². The van der Waals surface area contributed by atoms with Gasteiger partial charge in [-0.15, -0.1) is 0 Å². The monoisotopic (exact) mass is 278 g/mol. The third kappa shape index (κ3) is 1.94. The van der Waals surface area contributed by atoms with Crippen molar-refractivity contribution in [2.45, 2.75) is 37.6 Å². The van der Waals surface area contributed by atoms with Gasteiger partial charge in [0.25, 0.3) is 5.91 Å². The highest BCUT2D eigenvalue weighted by atomic mass is 16.3. The molecule has 0 radical (unpaired) electrons. The lowest BCUT2D eigenvalue weighted by Crippen LogP contribution is -2.58. The summed E-state index contributed by atoms with van der Waals surface area (Å²) in [6.45, 7) is 2.33. The number of nitrogens with zero attached hydrogens (tertiary/aromatic N) is 1. The normalized spacial score (nSPS) is 31.2. The minimum absolute atomic E-state index is 0.0281. The Bertz CT molecular complexity index is 541. The molecule has 0 unspecified atom stereocenters. The van der Waals surface area contributed by atoms with Gasteiger partial charge in [-0.2, -0.15) is 0 Å². The first kappa shape index (κ1) is 13.0.